The lowest BCUT2D eigenvalue weighted by Crippen LogP contribution is -2.51. The van der Waals surface area contributed by atoms with Crippen LogP contribution >= 0.6 is 0 Å². The molecule has 4 rings (SSSR count). The number of nitrogens with two attached hydrogens (primary N) is 1. The molecule has 28 heavy (non-hydrogen) atoms. The molecule has 0 aromatic heterocycles. The molecule has 2 aliphatic heterocycles. The maximum Gasteiger partial charge on any atom is 0.341 e. The number of likely N-dealkylation sites (N-methyl/N-ethyl adjacent to an activating group) is 1. The molecule has 3 aliphatic rings. The fraction of sp³-hybridized carbons (Fsp3) is 0.381. The summed E-state index contributed by atoms with van der Waals surface area (Å²) in [5, 5.41) is 0. The average Bonchev–Trinajstić information content (AvgIpc) is 2.84. The number of para-hydroxylation sites is 1. The van der Waals surface area contributed by atoms with Crippen molar-refractivity contribution in [1.29, 1.82) is 0 Å². The number of nitrogens with zero attached hydrogens (tertiary/aromatic N) is 1. The Morgan fingerprint density at radius 2 is 2.04 bits per heavy atom. The van der Waals surface area contributed by atoms with E-state index in [1.807, 2.05) is 6.92 Å². The van der Waals surface area contributed by atoms with Crippen LogP contribution in [0.2, 0.25) is 0 Å². The molecule has 2 atom stereocenters. The third-order valence-electron chi connectivity index (χ3n) is 5.63. The Morgan fingerprint density at radius 3 is 2.75 bits per heavy atom. The van der Waals surface area contributed by atoms with Gasteiger partial charge in [0, 0.05) is 31.1 Å². The molecule has 0 bridgehead atoms. The molecule has 7 nitrogen and oxygen atoms in total. The fourth-order valence-corrected chi connectivity index (χ4v) is 4.57. The lowest BCUT2D eigenvalue weighted by molar-refractivity contribution is -0.141. The number of Topliss-reactive ketones (excluding diaryl/α,β-unsaturated/α-hetero) is 1. The normalized spacial score (nSPS) is 26.4. The molecule has 1 aromatic carbocycles. The minimum absolute atomic E-state index is 0.0599. The van der Waals surface area contributed by atoms with Gasteiger partial charge in [0.05, 0.1) is 12.2 Å². The number of rotatable bonds is 2. The summed E-state index contributed by atoms with van der Waals surface area (Å²) in [6.07, 6.45) is 0.748. The highest BCUT2D eigenvalue weighted by Crippen LogP contribution is 2.56. The van der Waals surface area contributed by atoms with Crippen LogP contribution in [0.1, 0.15) is 32.3 Å². The molecular weight excluding hydrogens is 360 g/mol. The monoisotopic (exact) mass is 382 g/mol. The molecule has 0 saturated carbocycles. The number of carbonyl (C=O) groups is 3. The maximum atomic E-state index is 13.7. The molecule has 0 saturated heterocycles. The predicted molar refractivity (Wildman–Crippen MR) is 101 cm³/mol. The van der Waals surface area contributed by atoms with Gasteiger partial charge in [-0.25, -0.2) is 4.79 Å². The molecule has 0 radical (unpaired) electrons. The second kappa shape index (κ2) is 6.22. The van der Waals surface area contributed by atoms with Crippen molar-refractivity contribution in [2.75, 3.05) is 18.6 Å². The van der Waals surface area contributed by atoms with Crippen LogP contribution in [0.4, 0.5) is 5.69 Å². The second-order valence-electron chi connectivity index (χ2n) is 7.43. The first-order chi connectivity index (χ1) is 13.3. The van der Waals surface area contributed by atoms with E-state index in [0.717, 1.165) is 0 Å². The van der Waals surface area contributed by atoms with Crippen LogP contribution in [-0.2, 0) is 29.3 Å². The lowest BCUT2D eigenvalue weighted by Gasteiger charge is -2.39. The number of carbonyl (C=O) groups excluding carboxylic acids is 3. The number of amides is 1. The van der Waals surface area contributed by atoms with Crippen molar-refractivity contribution in [1.82, 2.24) is 0 Å². The number of hydrogen-bond donors (Lipinski definition) is 1. The topological polar surface area (TPSA) is 98.9 Å². The minimum atomic E-state index is -1.63. The first-order valence-corrected chi connectivity index (χ1v) is 9.33. The van der Waals surface area contributed by atoms with Crippen molar-refractivity contribution in [3.05, 3.63) is 52.6 Å². The van der Waals surface area contributed by atoms with E-state index in [0.29, 0.717) is 23.4 Å². The minimum Gasteiger partial charge on any atom is -0.462 e. The Morgan fingerprint density at radius 1 is 1.32 bits per heavy atom. The maximum absolute atomic E-state index is 13.7. The van der Waals surface area contributed by atoms with Gasteiger partial charge in [-0.05, 0) is 18.9 Å². The summed E-state index contributed by atoms with van der Waals surface area (Å²) < 4.78 is 11.0. The molecule has 2 heterocycles. The molecular formula is C21H22N2O5. The first kappa shape index (κ1) is 18.3. The highest BCUT2D eigenvalue weighted by atomic mass is 16.5. The van der Waals surface area contributed by atoms with Gasteiger partial charge in [-0.1, -0.05) is 25.1 Å². The van der Waals surface area contributed by atoms with Gasteiger partial charge in [-0.2, -0.15) is 0 Å². The average molecular weight is 382 g/mol. The Hall–Kier alpha value is -3.09. The summed E-state index contributed by atoms with van der Waals surface area (Å²) >= 11 is 0. The summed E-state index contributed by atoms with van der Waals surface area (Å²) in [6.45, 7) is 3.71. The van der Waals surface area contributed by atoms with Gasteiger partial charge in [0.2, 0.25) is 11.8 Å². The van der Waals surface area contributed by atoms with E-state index in [9.17, 15) is 14.4 Å². The van der Waals surface area contributed by atoms with Crippen molar-refractivity contribution in [2.45, 2.75) is 32.1 Å². The van der Waals surface area contributed by atoms with E-state index in [1.54, 1.807) is 38.2 Å². The van der Waals surface area contributed by atoms with Crippen LogP contribution in [0.15, 0.2) is 47.1 Å². The second-order valence-corrected chi connectivity index (χ2v) is 7.43. The van der Waals surface area contributed by atoms with Crippen LogP contribution in [0.25, 0.3) is 0 Å². The van der Waals surface area contributed by atoms with Crippen molar-refractivity contribution in [3.8, 4) is 0 Å². The number of esters is 1. The van der Waals surface area contributed by atoms with E-state index < -0.39 is 17.3 Å². The third-order valence-corrected chi connectivity index (χ3v) is 5.63. The lowest BCUT2D eigenvalue weighted by atomic mass is 9.64. The summed E-state index contributed by atoms with van der Waals surface area (Å²) in [7, 11) is 1.63. The number of ether oxygens (including phenoxy) is 2. The molecule has 146 valence electrons. The molecule has 1 spiro atoms. The summed E-state index contributed by atoms with van der Waals surface area (Å²) in [5.41, 5.74) is 5.81. The predicted octanol–water partition coefficient (Wildman–Crippen LogP) is 1.92. The van der Waals surface area contributed by atoms with Crippen molar-refractivity contribution in [3.63, 3.8) is 0 Å². The van der Waals surface area contributed by atoms with Gasteiger partial charge in [-0.15, -0.1) is 0 Å². The van der Waals surface area contributed by atoms with Crippen LogP contribution in [0, 0.1) is 5.92 Å². The van der Waals surface area contributed by atoms with E-state index in [2.05, 4.69) is 0 Å². The van der Waals surface area contributed by atoms with Gasteiger partial charge in [0.15, 0.2) is 5.78 Å². The van der Waals surface area contributed by atoms with Crippen LogP contribution < -0.4 is 10.6 Å². The van der Waals surface area contributed by atoms with Gasteiger partial charge in [0.1, 0.15) is 16.7 Å². The van der Waals surface area contributed by atoms with Crippen LogP contribution in [-0.4, -0.2) is 31.3 Å². The SMILES string of the molecule is CCOC(=O)C1=C(N)OC2=C(C(=O)C[C@@H](C)C2)[C@]12C(=O)N(C)c1ccccc12. The number of benzene rings is 1. The molecule has 1 amide bonds. The first-order valence-electron chi connectivity index (χ1n) is 9.33. The molecule has 0 fully saturated rings. The van der Waals surface area contributed by atoms with Crippen LogP contribution in [0.3, 0.4) is 0 Å². The number of anilines is 1. The molecule has 1 aromatic rings. The Kier molecular flexibility index (Phi) is 4.06. The molecule has 2 N–H and O–H groups in total. The highest BCUT2D eigenvalue weighted by Gasteiger charge is 2.63. The third kappa shape index (κ3) is 2.19. The van der Waals surface area contributed by atoms with E-state index in [1.165, 1.54) is 4.90 Å². The fourth-order valence-electron chi connectivity index (χ4n) is 4.57. The summed E-state index contributed by atoms with van der Waals surface area (Å²) in [5.74, 6) is -1.12. The Balaban J connectivity index is 2.09. The Bertz CT molecular complexity index is 977. The van der Waals surface area contributed by atoms with Gasteiger partial charge >= 0.3 is 5.97 Å². The van der Waals surface area contributed by atoms with Crippen molar-refractivity contribution in [2.24, 2.45) is 11.7 Å². The summed E-state index contributed by atoms with van der Waals surface area (Å²) in [6, 6.07) is 7.12. The smallest absolute Gasteiger partial charge is 0.341 e. The largest absolute Gasteiger partial charge is 0.462 e. The van der Waals surface area contributed by atoms with Gasteiger partial charge in [-0.3, -0.25) is 9.59 Å². The standard InChI is InChI=1S/C21H22N2O5/c1-4-27-19(25)17-18(22)28-15-10-11(2)9-14(24)16(15)21(17)12-7-5-6-8-13(12)23(3)20(21)26/h5-8,11H,4,9-10,22H2,1-3H3/t11-,21+/m1/s1. The van der Waals surface area contributed by atoms with E-state index in [-0.39, 0.29) is 41.8 Å². The van der Waals surface area contributed by atoms with Crippen molar-refractivity contribution >= 4 is 23.3 Å². The molecule has 0 unspecified atom stereocenters. The summed E-state index contributed by atoms with van der Waals surface area (Å²) in [4.78, 5) is 41.2. The van der Waals surface area contributed by atoms with E-state index >= 15 is 0 Å². The quantitative estimate of drug-likeness (QED) is 0.785. The van der Waals surface area contributed by atoms with Gasteiger partial charge in [0.25, 0.3) is 0 Å². The molecule has 7 heteroatoms. The number of fused-ring (bicyclic) bond motifs is 3. The number of hydrogen-bond acceptors (Lipinski definition) is 6. The zero-order chi connectivity index (χ0) is 20.2. The number of ketones is 1. The molecule has 1 aliphatic carbocycles. The zero-order valence-electron chi connectivity index (χ0n) is 16.1. The van der Waals surface area contributed by atoms with Crippen molar-refractivity contribution < 1.29 is 23.9 Å². The van der Waals surface area contributed by atoms with E-state index in [4.69, 9.17) is 15.2 Å². The van der Waals surface area contributed by atoms with Crippen LogP contribution in [0.5, 0.6) is 0 Å². The Labute approximate surface area is 162 Å². The van der Waals surface area contributed by atoms with Gasteiger partial charge < -0.3 is 20.1 Å². The number of allylic oxidation sites excluding steroid dienone is 1. The zero-order valence-corrected chi connectivity index (χ0v) is 16.1. The highest BCUT2D eigenvalue weighted by molar-refractivity contribution is 6.23.